The van der Waals surface area contributed by atoms with Crippen LogP contribution in [0.4, 0.5) is 17.6 Å². The van der Waals surface area contributed by atoms with E-state index >= 15 is 0 Å². The molecule has 9 nitrogen and oxygen atoms in total. The van der Waals surface area contributed by atoms with Gasteiger partial charge < -0.3 is 14.2 Å². The zero-order valence-electron chi connectivity index (χ0n) is 17.4. The Morgan fingerprint density at radius 3 is 2.53 bits per heavy atom. The van der Waals surface area contributed by atoms with Crippen LogP contribution in [0.2, 0.25) is 5.02 Å². The predicted octanol–water partition coefficient (Wildman–Crippen LogP) is 3.09. The van der Waals surface area contributed by atoms with E-state index in [4.69, 9.17) is 21.1 Å². The summed E-state index contributed by atoms with van der Waals surface area (Å²) in [6, 6.07) is 4.55. The van der Waals surface area contributed by atoms with E-state index < -0.39 is 47.2 Å². The minimum atomic E-state index is -4.99. The lowest BCUT2D eigenvalue weighted by molar-refractivity contribution is -0.144. The molecule has 3 aromatic rings. The molecule has 0 radical (unpaired) electrons. The molecule has 180 valence electrons. The van der Waals surface area contributed by atoms with Crippen LogP contribution in [0.5, 0.6) is 17.4 Å². The van der Waals surface area contributed by atoms with Crippen molar-refractivity contribution < 1.29 is 36.6 Å². The SMILES string of the molecule is COC(=O)COc1cccnc1Oc1cc(-n2c(=O)cc(C(F)(F)F)n(C)c2=O)c(F)cc1Cl. The molecule has 0 aliphatic heterocycles. The minimum absolute atomic E-state index is 0.0301. The average Bonchev–Trinajstić information content (AvgIpc) is 2.77. The van der Waals surface area contributed by atoms with Gasteiger partial charge >= 0.3 is 17.8 Å². The van der Waals surface area contributed by atoms with E-state index in [0.717, 1.165) is 20.2 Å². The molecule has 2 heterocycles. The fraction of sp³-hybridized carbons (Fsp3) is 0.200. The van der Waals surface area contributed by atoms with Crippen molar-refractivity contribution in [3.8, 4) is 23.1 Å². The van der Waals surface area contributed by atoms with Crippen LogP contribution in [0, 0.1) is 5.82 Å². The molecular formula is C20H14ClF4N3O6. The summed E-state index contributed by atoms with van der Waals surface area (Å²) in [4.78, 5) is 40.1. The molecule has 0 bridgehead atoms. The Kier molecular flexibility index (Phi) is 6.96. The van der Waals surface area contributed by atoms with E-state index in [1.807, 2.05) is 0 Å². The Morgan fingerprint density at radius 2 is 1.88 bits per heavy atom. The van der Waals surface area contributed by atoms with E-state index in [1.54, 1.807) is 0 Å². The summed E-state index contributed by atoms with van der Waals surface area (Å²) in [5, 5.41) is -0.317. The molecule has 0 saturated heterocycles. The molecule has 1 aromatic carbocycles. The van der Waals surface area contributed by atoms with Crippen LogP contribution in [0.1, 0.15) is 5.69 Å². The second kappa shape index (κ2) is 9.55. The molecule has 0 fully saturated rings. The third-order valence-electron chi connectivity index (χ3n) is 4.37. The number of methoxy groups -OCH3 is 1. The number of hydrogen-bond acceptors (Lipinski definition) is 7. The number of hydrogen-bond donors (Lipinski definition) is 0. The van der Waals surface area contributed by atoms with Gasteiger partial charge in [-0.2, -0.15) is 13.2 Å². The first kappa shape index (κ1) is 24.8. The highest BCUT2D eigenvalue weighted by Gasteiger charge is 2.35. The maximum absolute atomic E-state index is 14.6. The summed E-state index contributed by atoms with van der Waals surface area (Å²) >= 11 is 6.01. The predicted molar refractivity (Wildman–Crippen MR) is 109 cm³/mol. The first-order valence-electron chi connectivity index (χ1n) is 9.16. The zero-order valence-corrected chi connectivity index (χ0v) is 18.1. The van der Waals surface area contributed by atoms with Crippen LogP contribution in [0.15, 0.2) is 46.1 Å². The number of carbonyl (C=O) groups is 1. The fourth-order valence-corrected chi connectivity index (χ4v) is 2.94. The van der Waals surface area contributed by atoms with Crippen molar-refractivity contribution in [1.82, 2.24) is 14.1 Å². The van der Waals surface area contributed by atoms with E-state index in [1.165, 1.54) is 18.3 Å². The van der Waals surface area contributed by atoms with Crippen molar-refractivity contribution in [2.45, 2.75) is 6.18 Å². The number of rotatable bonds is 6. The lowest BCUT2D eigenvalue weighted by Crippen LogP contribution is -2.41. The van der Waals surface area contributed by atoms with Gasteiger partial charge in [-0.05, 0) is 18.2 Å². The molecule has 2 aromatic heterocycles. The molecule has 0 atom stereocenters. The molecule has 34 heavy (non-hydrogen) atoms. The topological polar surface area (TPSA) is 102 Å². The van der Waals surface area contributed by atoms with Crippen molar-refractivity contribution >= 4 is 17.6 Å². The van der Waals surface area contributed by atoms with Crippen LogP contribution in [-0.4, -0.2) is 33.8 Å². The van der Waals surface area contributed by atoms with Crippen LogP contribution < -0.4 is 20.7 Å². The van der Waals surface area contributed by atoms with Crippen molar-refractivity contribution in [1.29, 1.82) is 0 Å². The standard InChI is InChI=1S/C20H14ClF4N3O6/c1-27-15(20(23,24)25)8-16(29)28(19(27)31)12-7-14(10(21)6-11(12)22)34-18-13(4-3-5-26-18)33-9-17(30)32-2/h3-8H,9H2,1-2H3. The Bertz CT molecular complexity index is 1370. The van der Waals surface area contributed by atoms with Gasteiger partial charge in [-0.15, -0.1) is 0 Å². The number of ether oxygens (including phenoxy) is 3. The maximum Gasteiger partial charge on any atom is 0.431 e. The summed E-state index contributed by atoms with van der Waals surface area (Å²) in [5.41, 5.74) is -5.10. The molecule has 0 amide bonds. The second-order valence-electron chi connectivity index (χ2n) is 6.55. The number of halogens is 5. The van der Waals surface area contributed by atoms with E-state index in [9.17, 15) is 31.9 Å². The smallest absolute Gasteiger partial charge is 0.431 e. The molecule has 14 heteroatoms. The Hall–Kier alpha value is -3.87. The van der Waals surface area contributed by atoms with Gasteiger partial charge in [-0.25, -0.2) is 23.5 Å². The normalized spacial score (nSPS) is 11.3. The van der Waals surface area contributed by atoms with Gasteiger partial charge in [0.25, 0.3) is 11.4 Å². The number of nitrogens with zero attached hydrogens (tertiary/aromatic N) is 3. The van der Waals surface area contributed by atoms with Crippen LogP contribution in [0.25, 0.3) is 5.69 Å². The highest BCUT2D eigenvalue weighted by atomic mass is 35.5. The molecular weight excluding hydrogens is 490 g/mol. The number of pyridine rings is 1. The fourth-order valence-electron chi connectivity index (χ4n) is 2.75. The van der Waals surface area contributed by atoms with Gasteiger partial charge in [-0.1, -0.05) is 11.6 Å². The number of alkyl halides is 3. The second-order valence-corrected chi connectivity index (χ2v) is 6.96. The van der Waals surface area contributed by atoms with Crippen LogP contribution >= 0.6 is 11.6 Å². The summed E-state index contributed by atoms with van der Waals surface area (Å²) in [7, 11) is 1.94. The van der Waals surface area contributed by atoms with Gasteiger partial charge in [0.2, 0.25) is 0 Å². The van der Waals surface area contributed by atoms with Crippen molar-refractivity contribution in [3.05, 3.63) is 73.9 Å². The summed E-state index contributed by atoms with van der Waals surface area (Å²) in [6.45, 7) is -0.488. The van der Waals surface area contributed by atoms with Crippen molar-refractivity contribution in [2.75, 3.05) is 13.7 Å². The molecule has 0 N–H and O–H groups in total. The molecule has 0 aliphatic rings. The summed E-state index contributed by atoms with van der Waals surface area (Å²) in [6.07, 6.45) is -3.69. The molecule has 0 saturated carbocycles. The first-order chi connectivity index (χ1) is 15.9. The monoisotopic (exact) mass is 503 g/mol. The highest BCUT2D eigenvalue weighted by Crippen LogP contribution is 2.35. The third kappa shape index (κ3) is 5.03. The van der Waals surface area contributed by atoms with Gasteiger partial charge in [0.05, 0.1) is 17.8 Å². The van der Waals surface area contributed by atoms with E-state index in [0.29, 0.717) is 6.07 Å². The Morgan fingerprint density at radius 1 is 1.18 bits per heavy atom. The number of esters is 1. The minimum Gasteiger partial charge on any atom is -0.476 e. The highest BCUT2D eigenvalue weighted by molar-refractivity contribution is 6.32. The van der Waals surface area contributed by atoms with Crippen LogP contribution in [0.3, 0.4) is 0 Å². The van der Waals surface area contributed by atoms with Gasteiger partial charge in [-0.3, -0.25) is 9.36 Å². The third-order valence-corrected chi connectivity index (χ3v) is 4.66. The molecule has 0 unspecified atom stereocenters. The summed E-state index contributed by atoms with van der Waals surface area (Å²) < 4.78 is 69.5. The van der Waals surface area contributed by atoms with Crippen LogP contribution in [-0.2, 0) is 22.8 Å². The quantitative estimate of drug-likeness (QED) is 0.376. The average molecular weight is 504 g/mol. The number of carbonyl (C=O) groups excluding carboxylic acids is 1. The number of benzene rings is 1. The number of aromatic nitrogens is 3. The van der Waals surface area contributed by atoms with Crippen molar-refractivity contribution in [3.63, 3.8) is 0 Å². The van der Waals surface area contributed by atoms with Gasteiger partial charge in [0.15, 0.2) is 18.1 Å². The molecule has 0 aliphatic carbocycles. The van der Waals surface area contributed by atoms with E-state index in [-0.39, 0.29) is 37.6 Å². The Balaban J connectivity index is 2.08. The Labute approximate surface area is 192 Å². The lowest BCUT2D eigenvalue weighted by atomic mass is 10.2. The maximum atomic E-state index is 14.6. The van der Waals surface area contributed by atoms with E-state index in [2.05, 4.69) is 9.72 Å². The first-order valence-corrected chi connectivity index (χ1v) is 9.54. The van der Waals surface area contributed by atoms with Gasteiger partial charge in [0, 0.05) is 25.4 Å². The lowest BCUT2D eigenvalue weighted by Gasteiger charge is -2.16. The zero-order chi connectivity index (χ0) is 25.2. The van der Waals surface area contributed by atoms with Crippen molar-refractivity contribution in [2.24, 2.45) is 7.05 Å². The summed E-state index contributed by atoms with van der Waals surface area (Å²) in [5.74, 6) is -2.45. The molecule has 0 spiro atoms. The molecule has 3 rings (SSSR count). The largest absolute Gasteiger partial charge is 0.476 e. The van der Waals surface area contributed by atoms with Gasteiger partial charge in [0.1, 0.15) is 11.5 Å².